The maximum atomic E-state index is 12.5. The summed E-state index contributed by atoms with van der Waals surface area (Å²) in [7, 11) is 0. The number of halogens is 1. The molecule has 3 unspecified atom stereocenters. The number of rotatable bonds is 5. The Kier molecular flexibility index (Phi) is 5.31. The molecule has 0 amide bonds. The van der Waals surface area contributed by atoms with Gasteiger partial charge in [0.2, 0.25) is 0 Å². The molecule has 150 valence electrons. The molecule has 3 aromatic rings. The number of phenolic OH excluding ortho intramolecular Hbond substituents is 1. The summed E-state index contributed by atoms with van der Waals surface area (Å²) in [6.07, 6.45) is 0.146. The normalized spacial score (nSPS) is 21.4. The van der Waals surface area contributed by atoms with Gasteiger partial charge in [-0.1, -0.05) is 29.4 Å². The first-order valence-corrected chi connectivity index (χ1v) is 9.65. The molecule has 9 nitrogen and oxygen atoms in total. The molecule has 1 aromatic heterocycles. The van der Waals surface area contributed by atoms with Crippen LogP contribution in [0.3, 0.4) is 0 Å². The molecule has 0 saturated carbocycles. The summed E-state index contributed by atoms with van der Waals surface area (Å²) in [4.78, 5) is 27.5. The number of aromatic nitrogens is 2. The van der Waals surface area contributed by atoms with Gasteiger partial charge in [0.15, 0.2) is 5.82 Å². The molecule has 29 heavy (non-hydrogen) atoms. The standard InChI is InChI=1S/C19H17BrN4O5/c20-12-8-24(17-7-14(23-28)16(9-25)29-17)19(27)22-18(12)21-13-5-10-3-1-2-4-11(10)6-15(13)26/h1-6,8,14,16-17,25-26H,7,9H2,(H,21,22,27). The summed E-state index contributed by atoms with van der Waals surface area (Å²) in [6.45, 7) is -0.364. The van der Waals surface area contributed by atoms with Crippen molar-refractivity contribution in [2.45, 2.75) is 24.8 Å². The van der Waals surface area contributed by atoms with Crippen molar-refractivity contribution < 1.29 is 14.9 Å². The van der Waals surface area contributed by atoms with E-state index in [-0.39, 0.29) is 24.6 Å². The van der Waals surface area contributed by atoms with Gasteiger partial charge in [-0.3, -0.25) is 4.57 Å². The lowest BCUT2D eigenvalue weighted by Crippen LogP contribution is -2.28. The van der Waals surface area contributed by atoms with E-state index < -0.39 is 24.1 Å². The van der Waals surface area contributed by atoms with E-state index in [1.54, 1.807) is 12.1 Å². The molecule has 0 bridgehead atoms. The van der Waals surface area contributed by atoms with Crippen LogP contribution in [0.15, 0.2) is 57.0 Å². The zero-order valence-corrected chi connectivity index (χ0v) is 16.6. The lowest BCUT2D eigenvalue weighted by molar-refractivity contribution is -0.0270. The van der Waals surface area contributed by atoms with E-state index in [4.69, 9.17) is 4.74 Å². The molecule has 10 heteroatoms. The first kappa shape index (κ1) is 19.5. The SMILES string of the molecule is O=NC1CC(n2cc(Br)c(Nc3cc4ccccc4cc3O)nc2=O)OC1CO. The second-order valence-electron chi connectivity index (χ2n) is 6.69. The molecule has 0 aliphatic carbocycles. The highest BCUT2D eigenvalue weighted by atomic mass is 79.9. The van der Waals surface area contributed by atoms with E-state index in [9.17, 15) is 19.9 Å². The lowest BCUT2D eigenvalue weighted by atomic mass is 10.1. The molecule has 3 atom stereocenters. The topological polar surface area (TPSA) is 126 Å². The van der Waals surface area contributed by atoms with Crippen LogP contribution in [0.1, 0.15) is 12.6 Å². The van der Waals surface area contributed by atoms with Gasteiger partial charge < -0.3 is 20.3 Å². The Balaban J connectivity index is 1.64. The summed E-state index contributed by atoms with van der Waals surface area (Å²) >= 11 is 3.37. The highest BCUT2D eigenvalue weighted by Crippen LogP contribution is 2.34. The molecule has 2 aromatic carbocycles. The largest absolute Gasteiger partial charge is 0.506 e. The number of hydrogen-bond acceptors (Lipinski definition) is 8. The molecular formula is C19H17BrN4O5. The zero-order valence-electron chi connectivity index (χ0n) is 15.0. The Labute approximate surface area is 173 Å². The van der Waals surface area contributed by atoms with Gasteiger partial charge in [-0.15, -0.1) is 0 Å². The molecular weight excluding hydrogens is 444 g/mol. The molecule has 4 rings (SSSR count). The van der Waals surface area contributed by atoms with Crippen LogP contribution in [0.5, 0.6) is 5.75 Å². The third-order valence-corrected chi connectivity index (χ3v) is 5.43. The van der Waals surface area contributed by atoms with Crippen molar-refractivity contribution in [2.75, 3.05) is 11.9 Å². The number of ether oxygens (including phenoxy) is 1. The average Bonchev–Trinajstić information content (AvgIpc) is 3.14. The Hall–Kier alpha value is -2.82. The molecule has 0 spiro atoms. The minimum Gasteiger partial charge on any atom is -0.506 e. The van der Waals surface area contributed by atoms with Crippen molar-refractivity contribution in [1.29, 1.82) is 0 Å². The molecule has 3 N–H and O–H groups in total. The molecule has 1 saturated heterocycles. The Morgan fingerprint density at radius 2 is 2.03 bits per heavy atom. The smallest absolute Gasteiger partial charge is 0.351 e. The van der Waals surface area contributed by atoms with Crippen molar-refractivity contribution in [3.05, 3.63) is 62.5 Å². The van der Waals surface area contributed by atoms with E-state index in [2.05, 4.69) is 31.4 Å². The number of benzene rings is 2. The number of nitrogens with one attached hydrogen (secondary N) is 1. The third kappa shape index (κ3) is 3.74. The number of nitrogens with zero attached hydrogens (tertiary/aromatic N) is 3. The van der Waals surface area contributed by atoms with E-state index >= 15 is 0 Å². The number of aromatic hydroxyl groups is 1. The minimum absolute atomic E-state index is 0.0198. The van der Waals surface area contributed by atoms with E-state index in [1.165, 1.54) is 10.8 Å². The fourth-order valence-corrected chi connectivity index (χ4v) is 3.76. The lowest BCUT2D eigenvalue weighted by Gasteiger charge is -2.16. The average molecular weight is 461 g/mol. The first-order chi connectivity index (χ1) is 14.0. The van der Waals surface area contributed by atoms with Gasteiger partial charge in [0.05, 0.1) is 16.8 Å². The van der Waals surface area contributed by atoms with Crippen LogP contribution in [0.4, 0.5) is 11.5 Å². The van der Waals surface area contributed by atoms with E-state index in [1.807, 2.05) is 24.3 Å². The number of hydrogen-bond donors (Lipinski definition) is 3. The van der Waals surface area contributed by atoms with Crippen molar-refractivity contribution in [3.63, 3.8) is 0 Å². The Morgan fingerprint density at radius 3 is 2.69 bits per heavy atom. The summed E-state index contributed by atoms with van der Waals surface area (Å²) < 4.78 is 7.25. The monoisotopic (exact) mass is 460 g/mol. The summed E-state index contributed by atoms with van der Waals surface area (Å²) in [5.74, 6) is 0.241. The number of fused-ring (bicyclic) bond motifs is 1. The molecule has 0 radical (unpaired) electrons. The van der Waals surface area contributed by atoms with Crippen molar-refractivity contribution >= 4 is 38.2 Å². The van der Waals surface area contributed by atoms with Crippen LogP contribution in [-0.2, 0) is 4.74 Å². The van der Waals surface area contributed by atoms with Crippen molar-refractivity contribution in [3.8, 4) is 5.75 Å². The zero-order chi connectivity index (χ0) is 20.5. The third-order valence-electron chi connectivity index (χ3n) is 4.85. The Bertz CT molecular complexity index is 1140. The predicted molar refractivity (Wildman–Crippen MR) is 110 cm³/mol. The summed E-state index contributed by atoms with van der Waals surface area (Å²) in [5, 5.41) is 27.3. The summed E-state index contributed by atoms with van der Waals surface area (Å²) in [5.41, 5.74) is -0.207. The highest BCUT2D eigenvalue weighted by molar-refractivity contribution is 9.10. The highest BCUT2D eigenvalue weighted by Gasteiger charge is 2.37. The van der Waals surface area contributed by atoms with Gasteiger partial charge in [-0.2, -0.15) is 9.89 Å². The van der Waals surface area contributed by atoms with Gasteiger partial charge in [-0.25, -0.2) is 4.79 Å². The number of aliphatic hydroxyl groups is 1. The molecule has 2 heterocycles. The number of phenols is 1. The van der Waals surface area contributed by atoms with Gasteiger partial charge in [-0.05, 0) is 38.8 Å². The maximum absolute atomic E-state index is 12.5. The molecule has 1 aliphatic rings. The fraction of sp³-hybridized carbons (Fsp3) is 0.263. The van der Waals surface area contributed by atoms with E-state index in [0.717, 1.165) is 10.8 Å². The van der Waals surface area contributed by atoms with Gasteiger partial charge in [0, 0.05) is 12.6 Å². The van der Waals surface area contributed by atoms with Crippen molar-refractivity contribution in [1.82, 2.24) is 9.55 Å². The fourth-order valence-electron chi connectivity index (χ4n) is 3.36. The van der Waals surface area contributed by atoms with Gasteiger partial charge >= 0.3 is 5.69 Å². The quantitative estimate of drug-likeness (QED) is 0.394. The maximum Gasteiger partial charge on any atom is 0.351 e. The first-order valence-electron chi connectivity index (χ1n) is 8.86. The number of nitroso groups, excluding NO2 is 1. The van der Waals surface area contributed by atoms with Crippen molar-refractivity contribution in [2.24, 2.45) is 5.18 Å². The second-order valence-corrected chi connectivity index (χ2v) is 7.54. The molecule has 1 aliphatic heterocycles. The second kappa shape index (κ2) is 7.90. The van der Waals surface area contributed by atoms with E-state index in [0.29, 0.717) is 10.2 Å². The number of anilines is 2. The van der Waals surface area contributed by atoms with Crippen LogP contribution in [-0.4, -0.2) is 38.5 Å². The number of aliphatic hydroxyl groups excluding tert-OH is 1. The molecule has 1 fully saturated rings. The van der Waals surface area contributed by atoms with Crippen LogP contribution < -0.4 is 11.0 Å². The minimum atomic E-state index is -0.755. The van der Waals surface area contributed by atoms with Crippen LogP contribution >= 0.6 is 15.9 Å². The van der Waals surface area contributed by atoms with Crippen LogP contribution in [0, 0.1) is 4.91 Å². The Morgan fingerprint density at radius 1 is 1.31 bits per heavy atom. The predicted octanol–water partition coefficient (Wildman–Crippen LogP) is 3.02. The van der Waals surface area contributed by atoms with Gasteiger partial charge in [0.25, 0.3) is 0 Å². The van der Waals surface area contributed by atoms with Crippen LogP contribution in [0.2, 0.25) is 0 Å². The van der Waals surface area contributed by atoms with Crippen LogP contribution in [0.25, 0.3) is 10.8 Å². The van der Waals surface area contributed by atoms with Gasteiger partial charge in [0.1, 0.15) is 24.1 Å². The summed E-state index contributed by atoms with van der Waals surface area (Å²) in [6, 6.07) is 10.2.